The van der Waals surface area contributed by atoms with Gasteiger partial charge in [-0.25, -0.2) is 4.79 Å². The number of phenols is 1. The van der Waals surface area contributed by atoms with E-state index < -0.39 is 5.97 Å². The number of aromatic hydroxyl groups is 1. The lowest BCUT2D eigenvalue weighted by atomic mass is 10.2. The molecule has 74 valence electrons. The van der Waals surface area contributed by atoms with Gasteiger partial charge in [0.1, 0.15) is 6.61 Å². The molecule has 2 N–H and O–H groups in total. The third kappa shape index (κ3) is 2.26. The highest BCUT2D eigenvalue weighted by Crippen LogP contribution is 2.26. The molecule has 1 aromatic rings. The standard InChI is InChI=1S/C10H10O4/c1-2-5-14-9-6-7(10(12)13)3-4-8(9)11/h2-4,6,11H,1,5H2,(H,12,13). The van der Waals surface area contributed by atoms with E-state index in [1.807, 2.05) is 0 Å². The molecular formula is C10H10O4. The van der Waals surface area contributed by atoms with Crippen molar-refractivity contribution in [3.63, 3.8) is 0 Å². The highest BCUT2D eigenvalue weighted by atomic mass is 16.5. The summed E-state index contributed by atoms with van der Waals surface area (Å²) in [5.41, 5.74) is 0.0712. The molecule has 0 aliphatic heterocycles. The van der Waals surface area contributed by atoms with Gasteiger partial charge in [0.05, 0.1) is 5.56 Å². The summed E-state index contributed by atoms with van der Waals surface area (Å²) in [6, 6.07) is 3.85. The molecule has 0 aliphatic rings. The first-order valence-corrected chi connectivity index (χ1v) is 3.95. The van der Waals surface area contributed by atoms with Gasteiger partial charge in [0.15, 0.2) is 11.5 Å². The number of carboxylic acids is 1. The molecule has 0 amide bonds. The van der Waals surface area contributed by atoms with E-state index in [2.05, 4.69) is 6.58 Å². The van der Waals surface area contributed by atoms with Gasteiger partial charge in [0.25, 0.3) is 0 Å². The van der Waals surface area contributed by atoms with Gasteiger partial charge in [-0.15, -0.1) is 0 Å². The molecule has 14 heavy (non-hydrogen) atoms. The summed E-state index contributed by atoms with van der Waals surface area (Å²) >= 11 is 0. The number of rotatable bonds is 4. The number of hydrogen-bond donors (Lipinski definition) is 2. The molecule has 0 unspecified atom stereocenters. The summed E-state index contributed by atoms with van der Waals surface area (Å²) in [4.78, 5) is 10.6. The number of carboxylic acid groups (broad SMARTS) is 1. The van der Waals surface area contributed by atoms with Crippen LogP contribution in [0.3, 0.4) is 0 Å². The summed E-state index contributed by atoms with van der Waals surface area (Å²) in [6.45, 7) is 3.66. The van der Waals surface area contributed by atoms with Crippen molar-refractivity contribution < 1.29 is 19.7 Å². The van der Waals surface area contributed by atoms with E-state index in [4.69, 9.17) is 9.84 Å². The first-order chi connectivity index (χ1) is 6.65. The number of aromatic carboxylic acids is 1. The van der Waals surface area contributed by atoms with Gasteiger partial charge in [-0.1, -0.05) is 12.7 Å². The molecule has 0 radical (unpaired) electrons. The van der Waals surface area contributed by atoms with E-state index in [1.54, 1.807) is 0 Å². The number of phenolic OH excluding ortho intramolecular Hbond substituents is 1. The number of ether oxygens (including phenoxy) is 1. The molecule has 0 aromatic heterocycles. The molecule has 0 heterocycles. The Kier molecular flexibility index (Phi) is 3.12. The molecule has 0 fully saturated rings. The predicted octanol–water partition coefficient (Wildman–Crippen LogP) is 1.66. The molecule has 1 aromatic carbocycles. The Hall–Kier alpha value is -1.97. The molecular weight excluding hydrogens is 184 g/mol. The maximum atomic E-state index is 10.6. The second kappa shape index (κ2) is 4.32. The Morgan fingerprint density at radius 2 is 2.29 bits per heavy atom. The van der Waals surface area contributed by atoms with Crippen LogP contribution >= 0.6 is 0 Å². The van der Waals surface area contributed by atoms with Crippen LogP contribution in [-0.4, -0.2) is 22.8 Å². The maximum Gasteiger partial charge on any atom is 0.335 e. The lowest BCUT2D eigenvalue weighted by Gasteiger charge is -2.06. The van der Waals surface area contributed by atoms with Crippen LogP contribution in [-0.2, 0) is 0 Å². The Morgan fingerprint density at radius 3 is 2.86 bits per heavy atom. The summed E-state index contributed by atoms with van der Waals surface area (Å²) in [5, 5.41) is 18.0. The molecule has 0 bridgehead atoms. The predicted molar refractivity (Wildman–Crippen MR) is 50.8 cm³/mol. The van der Waals surface area contributed by atoms with Gasteiger partial charge >= 0.3 is 5.97 Å². The SMILES string of the molecule is C=CCOc1cc(C(=O)O)ccc1O. The van der Waals surface area contributed by atoms with Crippen molar-refractivity contribution in [2.24, 2.45) is 0 Å². The first kappa shape index (κ1) is 10.1. The van der Waals surface area contributed by atoms with Crippen molar-refractivity contribution in [1.29, 1.82) is 0 Å². The van der Waals surface area contributed by atoms with Crippen LogP contribution in [0.15, 0.2) is 30.9 Å². The van der Waals surface area contributed by atoms with Crippen LogP contribution in [0.2, 0.25) is 0 Å². The van der Waals surface area contributed by atoms with E-state index in [9.17, 15) is 9.90 Å². The second-order valence-electron chi connectivity index (χ2n) is 2.59. The Bertz CT molecular complexity index is 357. The quantitative estimate of drug-likeness (QED) is 0.715. The molecule has 4 nitrogen and oxygen atoms in total. The number of carbonyl (C=O) groups is 1. The fourth-order valence-electron chi connectivity index (χ4n) is 0.911. The lowest BCUT2D eigenvalue weighted by molar-refractivity contribution is 0.0696. The lowest BCUT2D eigenvalue weighted by Crippen LogP contribution is -1.98. The third-order valence-electron chi connectivity index (χ3n) is 1.56. The number of benzene rings is 1. The topological polar surface area (TPSA) is 66.8 Å². The largest absolute Gasteiger partial charge is 0.504 e. The van der Waals surface area contributed by atoms with Gasteiger partial charge in [0, 0.05) is 0 Å². The Balaban J connectivity index is 2.95. The van der Waals surface area contributed by atoms with Crippen molar-refractivity contribution in [3.8, 4) is 11.5 Å². The third-order valence-corrected chi connectivity index (χ3v) is 1.56. The van der Waals surface area contributed by atoms with Gasteiger partial charge in [-0.3, -0.25) is 0 Å². The van der Waals surface area contributed by atoms with E-state index in [0.29, 0.717) is 0 Å². The summed E-state index contributed by atoms with van der Waals surface area (Å²) in [6.07, 6.45) is 1.51. The van der Waals surface area contributed by atoms with Crippen LogP contribution in [0.4, 0.5) is 0 Å². The van der Waals surface area contributed by atoms with E-state index in [1.165, 1.54) is 24.3 Å². The van der Waals surface area contributed by atoms with E-state index in [0.717, 1.165) is 0 Å². The molecule has 0 spiro atoms. The van der Waals surface area contributed by atoms with Crippen molar-refractivity contribution >= 4 is 5.97 Å². The van der Waals surface area contributed by atoms with Gasteiger partial charge in [0.2, 0.25) is 0 Å². The molecule has 1 rings (SSSR count). The Morgan fingerprint density at radius 1 is 1.57 bits per heavy atom. The van der Waals surface area contributed by atoms with E-state index in [-0.39, 0.29) is 23.7 Å². The van der Waals surface area contributed by atoms with Crippen LogP contribution < -0.4 is 4.74 Å². The average Bonchev–Trinajstić information content (AvgIpc) is 2.16. The van der Waals surface area contributed by atoms with Gasteiger partial charge in [-0.2, -0.15) is 0 Å². The monoisotopic (exact) mass is 194 g/mol. The van der Waals surface area contributed by atoms with Crippen molar-refractivity contribution in [3.05, 3.63) is 36.4 Å². The minimum Gasteiger partial charge on any atom is -0.504 e. The summed E-state index contributed by atoms with van der Waals surface area (Å²) < 4.78 is 5.05. The highest BCUT2D eigenvalue weighted by molar-refractivity contribution is 5.88. The van der Waals surface area contributed by atoms with Crippen molar-refractivity contribution in [2.45, 2.75) is 0 Å². The van der Waals surface area contributed by atoms with Crippen LogP contribution in [0, 0.1) is 0 Å². The minimum absolute atomic E-state index is 0.0712. The first-order valence-electron chi connectivity index (χ1n) is 3.95. The molecule has 0 saturated carbocycles. The molecule has 0 atom stereocenters. The smallest absolute Gasteiger partial charge is 0.335 e. The van der Waals surface area contributed by atoms with Crippen molar-refractivity contribution in [2.75, 3.05) is 6.61 Å². The average molecular weight is 194 g/mol. The zero-order valence-electron chi connectivity index (χ0n) is 7.43. The van der Waals surface area contributed by atoms with Gasteiger partial charge < -0.3 is 14.9 Å². The van der Waals surface area contributed by atoms with Crippen molar-refractivity contribution in [1.82, 2.24) is 0 Å². The second-order valence-corrected chi connectivity index (χ2v) is 2.59. The molecule has 0 aliphatic carbocycles. The maximum absolute atomic E-state index is 10.6. The fourth-order valence-corrected chi connectivity index (χ4v) is 0.911. The Labute approximate surface area is 81.1 Å². The fraction of sp³-hybridized carbons (Fsp3) is 0.100. The highest BCUT2D eigenvalue weighted by Gasteiger charge is 2.07. The van der Waals surface area contributed by atoms with Crippen LogP contribution in [0.25, 0.3) is 0 Å². The minimum atomic E-state index is -1.06. The normalized spacial score (nSPS) is 9.43. The van der Waals surface area contributed by atoms with E-state index >= 15 is 0 Å². The number of hydrogen-bond acceptors (Lipinski definition) is 3. The van der Waals surface area contributed by atoms with Gasteiger partial charge in [-0.05, 0) is 18.2 Å². The molecule has 0 saturated heterocycles. The zero-order chi connectivity index (χ0) is 10.6. The van der Waals surface area contributed by atoms with Crippen LogP contribution in [0.1, 0.15) is 10.4 Å². The zero-order valence-corrected chi connectivity index (χ0v) is 7.43. The molecule has 4 heteroatoms. The van der Waals surface area contributed by atoms with Crippen LogP contribution in [0.5, 0.6) is 11.5 Å². The summed E-state index contributed by atoms with van der Waals surface area (Å²) in [5.74, 6) is -1.00. The summed E-state index contributed by atoms with van der Waals surface area (Å²) in [7, 11) is 0.